The van der Waals surface area contributed by atoms with Crippen molar-refractivity contribution < 1.29 is 17.6 Å². The van der Waals surface area contributed by atoms with E-state index in [0.29, 0.717) is 22.9 Å². The number of oxazole rings is 1. The monoisotopic (exact) mass is 400 g/mol. The molecule has 7 heteroatoms. The van der Waals surface area contributed by atoms with E-state index in [-0.39, 0.29) is 6.54 Å². The van der Waals surface area contributed by atoms with Gasteiger partial charge in [0.15, 0.2) is 0 Å². The summed E-state index contributed by atoms with van der Waals surface area (Å²) in [6, 6.07) is 11.1. The SMILES string of the molecule is COc1ccc(-c2nc(CCNS(=O)(=O)c3c(C)cc(C)cc3C)co2)cc1. The molecular formula is C21H24N2O4S. The molecule has 0 aliphatic carbocycles. The van der Waals surface area contributed by atoms with E-state index < -0.39 is 10.0 Å². The first-order valence-electron chi connectivity index (χ1n) is 8.96. The van der Waals surface area contributed by atoms with Gasteiger partial charge in [-0.05, 0) is 56.2 Å². The number of hydrogen-bond donors (Lipinski definition) is 1. The van der Waals surface area contributed by atoms with Gasteiger partial charge < -0.3 is 9.15 Å². The van der Waals surface area contributed by atoms with Gasteiger partial charge in [-0.3, -0.25) is 0 Å². The van der Waals surface area contributed by atoms with Gasteiger partial charge in [0.2, 0.25) is 15.9 Å². The van der Waals surface area contributed by atoms with Crippen LogP contribution >= 0.6 is 0 Å². The minimum Gasteiger partial charge on any atom is -0.497 e. The summed E-state index contributed by atoms with van der Waals surface area (Å²) in [4.78, 5) is 4.78. The van der Waals surface area contributed by atoms with Crippen molar-refractivity contribution in [3.63, 3.8) is 0 Å². The Morgan fingerprint density at radius 2 is 1.71 bits per heavy atom. The molecule has 0 amide bonds. The Hall–Kier alpha value is -2.64. The lowest BCUT2D eigenvalue weighted by Crippen LogP contribution is -2.27. The number of hydrogen-bond acceptors (Lipinski definition) is 5. The summed E-state index contributed by atoms with van der Waals surface area (Å²) < 4.78 is 38.7. The van der Waals surface area contributed by atoms with Crippen molar-refractivity contribution in [3.8, 4) is 17.2 Å². The first-order chi connectivity index (χ1) is 13.3. The maximum Gasteiger partial charge on any atom is 0.241 e. The Kier molecular flexibility index (Phi) is 5.86. The predicted octanol–water partition coefficient (Wildman–Crippen LogP) is 3.80. The van der Waals surface area contributed by atoms with Crippen LogP contribution in [0.15, 0.2) is 52.0 Å². The van der Waals surface area contributed by atoms with Crippen LogP contribution in [0.3, 0.4) is 0 Å². The van der Waals surface area contributed by atoms with Crippen LogP contribution in [0.5, 0.6) is 5.75 Å². The number of aromatic nitrogens is 1. The zero-order chi connectivity index (χ0) is 20.3. The van der Waals surface area contributed by atoms with Crippen LogP contribution < -0.4 is 9.46 Å². The summed E-state index contributed by atoms with van der Waals surface area (Å²) in [5.41, 5.74) is 4.05. The van der Waals surface area contributed by atoms with Crippen molar-refractivity contribution in [2.45, 2.75) is 32.1 Å². The number of methoxy groups -OCH3 is 1. The van der Waals surface area contributed by atoms with E-state index in [9.17, 15) is 8.42 Å². The quantitative estimate of drug-likeness (QED) is 0.652. The second-order valence-corrected chi connectivity index (χ2v) is 8.45. The van der Waals surface area contributed by atoms with E-state index in [1.54, 1.807) is 13.4 Å². The first kappa shape index (κ1) is 20.1. The molecule has 0 saturated heterocycles. The number of ether oxygens (including phenoxy) is 1. The van der Waals surface area contributed by atoms with Gasteiger partial charge in [-0.1, -0.05) is 17.7 Å². The normalized spacial score (nSPS) is 11.6. The largest absolute Gasteiger partial charge is 0.497 e. The van der Waals surface area contributed by atoms with Gasteiger partial charge in [-0.25, -0.2) is 18.1 Å². The van der Waals surface area contributed by atoms with Crippen LogP contribution in [0.4, 0.5) is 0 Å². The van der Waals surface area contributed by atoms with E-state index >= 15 is 0 Å². The topological polar surface area (TPSA) is 81.4 Å². The smallest absolute Gasteiger partial charge is 0.241 e. The molecule has 0 saturated carbocycles. The molecule has 0 radical (unpaired) electrons. The zero-order valence-corrected chi connectivity index (χ0v) is 17.3. The molecule has 6 nitrogen and oxygen atoms in total. The molecule has 0 unspecified atom stereocenters. The van der Waals surface area contributed by atoms with E-state index in [4.69, 9.17) is 9.15 Å². The van der Waals surface area contributed by atoms with Gasteiger partial charge in [0.1, 0.15) is 12.0 Å². The lowest BCUT2D eigenvalue weighted by molar-refractivity contribution is 0.415. The first-order valence-corrected chi connectivity index (χ1v) is 10.4. The number of rotatable bonds is 7. The Morgan fingerprint density at radius 3 is 2.32 bits per heavy atom. The van der Waals surface area contributed by atoms with Crippen molar-refractivity contribution in [2.75, 3.05) is 13.7 Å². The zero-order valence-electron chi connectivity index (χ0n) is 16.4. The summed E-state index contributed by atoms with van der Waals surface area (Å²) in [6.45, 7) is 5.82. The standard InChI is InChI=1S/C21H24N2O4S/c1-14-11-15(2)20(16(3)12-14)28(24,25)22-10-9-18-13-27-21(23-18)17-5-7-19(26-4)8-6-17/h5-8,11-13,22H,9-10H2,1-4H3. The van der Waals surface area contributed by atoms with E-state index in [2.05, 4.69) is 9.71 Å². The fourth-order valence-corrected chi connectivity index (χ4v) is 4.75. The average molecular weight is 401 g/mol. The van der Waals surface area contributed by atoms with E-state index in [1.165, 1.54) is 0 Å². The number of sulfonamides is 1. The molecule has 28 heavy (non-hydrogen) atoms. The van der Waals surface area contributed by atoms with Crippen LogP contribution in [0, 0.1) is 20.8 Å². The Bertz CT molecular complexity index is 1050. The highest BCUT2D eigenvalue weighted by molar-refractivity contribution is 7.89. The third kappa shape index (κ3) is 4.43. The molecule has 0 aliphatic heterocycles. The average Bonchev–Trinajstić information content (AvgIpc) is 3.09. The van der Waals surface area contributed by atoms with Crippen LogP contribution in [0.25, 0.3) is 11.5 Å². The summed E-state index contributed by atoms with van der Waals surface area (Å²) in [5.74, 6) is 1.25. The van der Waals surface area contributed by atoms with Crippen molar-refractivity contribution in [2.24, 2.45) is 0 Å². The second-order valence-electron chi connectivity index (χ2n) is 6.75. The fourth-order valence-electron chi connectivity index (χ4n) is 3.26. The van der Waals surface area contributed by atoms with Crippen LogP contribution in [-0.2, 0) is 16.4 Å². The number of nitrogens with one attached hydrogen (secondary N) is 1. The lowest BCUT2D eigenvalue weighted by atomic mass is 10.1. The molecule has 1 heterocycles. The van der Waals surface area contributed by atoms with Crippen molar-refractivity contribution in [1.29, 1.82) is 0 Å². The molecule has 0 spiro atoms. The second kappa shape index (κ2) is 8.16. The van der Waals surface area contributed by atoms with Gasteiger partial charge >= 0.3 is 0 Å². The molecule has 0 fully saturated rings. The maximum absolute atomic E-state index is 12.7. The highest BCUT2D eigenvalue weighted by atomic mass is 32.2. The Labute approximate surface area is 165 Å². The summed E-state index contributed by atoms with van der Waals surface area (Å²) >= 11 is 0. The highest BCUT2D eigenvalue weighted by Gasteiger charge is 2.19. The fraction of sp³-hybridized carbons (Fsp3) is 0.286. The molecule has 1 aromatic heterocycles. The molecule has 148 valence electrons. The molecular weight excluding hydrogens is 376 g/mol. The lowest BCUT2D eigenvalue weighted by Gasteiger charge is -2.12. The van der Waals surface area contributed by atoms with Crippen molar-refractivity contribution in [1.82, 2.24) is 9.71 Å². The Morgan fingerprint density at radius 1 is 1.07 bits per heavy atom. The summed E-state index contributed by atoms with van der Waals surface area (Å²) in [6.07, 6.45) is 1.99. The number of aryl methyl sites for hydroxylation is 3. The Balaban J connectivity index is 1.66. The molecule has 0 bridgehead atoms. The number of nitrogens with zero attached hydrogens (tertiary/aromatic N) is 1. The maximum atomic E-state index is 12.7. The predicted molar refractivity (Wildman–Crippen MR) is 108 cm³/mol. The van der Waals surface area contributed by atoms with Gasteiger partial charge in [0, 0.05) is 18.5 Å². The van der Waals surface area contributed by atoms with Gasteiger partial charge in [-0.15, -0.1) is 0 Å². The summed E-state index contributed by atoms with van der Waals surface area (Å²) in [5, 5.41) is 0. The molecule has 0 atom stereocenters. The molecule has 1 N–H and O–H groups in total. The molecule has 3 aromatic rings. The van der Waals surface area contributed by atoms with E-state index in [0.717, 1.165) is 28.0 Å². The molecule has 0 aliphatic rings. The summed E-state index contributed by atoms with van der Waals surface area (Å²) in [7, 11) is -1.97. The van der Waals surface area contributed by atoms with Crippen LogP contribution in [0.1, 0.15) is 22.4 Å². The van der Waals surface area contributed by atoms with Gasteiger partial charge in [-0.2, -0.15) is 0 Å². The molecule has 2 aromatic carbocycles. The van der Waals surface area contributed by atoms with Crippen molar-refractivity contribution in [3.05, 3.63) is 65.0 Å². The van der Waals surface area contributed by atoms with E-state index in [1.807, 2.05) is 57.2 Å². The molecule has 3 rings (SSSR count). The minimum absolute atomic E-state index is 0.240. The van der Waals surface area contributed by atoms with Crippen LogP contribution in [-0.4, -0.2) is 27.1 Å². The van der Waals surface area contributed by atoms with Gasteiger partial charge in [0.05, 0.1) is 17.7 Å². The highest BCUT2D eigenvalue weighted by Crippen LogP contribution is 2.23. The third-order valence-electron chi connectivity index (χ3n) is 4.44. The number of benzene rings is 2. The minimum atomic E-state index is -3.58. The van der Waals surface area contributed by atoms with Crippen LogP contribution in [0.2, 0.25) is 0 Å². The third-order valence-corrected chi connectivity index (χ3v) is 6.20. The van der Waals surface area contributed by atoms with Crippen molar-refractivity contribution >= 4 is 10.0 Å². The van der Waals surface area contributed by atoms with Gasteiger partial charge in [0.25, 0.3) is 0 Å².